The smallest absolute Gasteiger partial charge is 0.328 e. The number of hydrogen-bond donors (Lipinski definition) is 2. The Morgan fingerprint density at radius 3 is 2.07 bits per heavy atom. The standard InChI is InChI=1S/C35H36N2O5/c1-41-35(40)32(37-31-16-9-8-15-30(31)34(39)28-13-6-3-7-14-28)25-26-18-20-29(21-19-26)42-24-23-36-22-10-17-33(38)27-11-4-2-5-12-27/h2-9,11-16,18-21,32,36-37H,10,17,22-25H2,1H3/t32-/m0/s1. The predicted octanol–water partition coefficient (Wildman–Crippen LogP) is 5.75. The van der Waals surface area contributed by atoms with Crippen molar-refractivity contribution in [2.75, 3.05) is 32.1 Å². The van der Waals surface area contributed by atoms with E-state index in [-0.39, 0.29) is 11.6 Å². The maximum absolute atomic E-state index is 13.1. The largest absolute Gasteiger partial charge is 0.492 e. The number of esters is 1. The molecule has 0 radical (unpaired) electrons. The molecule has 4 aromatic rings. The molecule has 7 heteroatoms. The number of carbonyl (C=O) groups excluding carboxylic acids is 3. The normalized spacial score (nSPS) is 11.4. The lowest BCUT2D eigenvalue weighted by molar-refractivity contribution is -0.141. The number of methoxy groups -OCH3 is 1. The Morgan fingerprint density at radius 2 is 1.38 bits per heavy atom. The van der Waals surface area contributed by atoms with Crippen LogP contribution < -0.4 is 15.4 Å². The lowest BCUT2D eigenvalue weighted by atomic mass is 10.00. The second kappa shape index (κ2) is 15.9. The Morgan fingerprint density at radius 1 is 0.738 bits per heavy atom. The van der Waals surface area contributed by atoms with E-state index in [9.17, 15) is 14.4 Å². The summed E-state index contributed by atoms with van der Waals surface area (Å²) >= 11 is 0. The van der Waals surface area contributed by atoms with Crippen LogP contribution in [0, 0.1) is 0 Å². The van der Waals surface area contributed by atoms with Crippen LogP contribution in [0.15, 0.2) is 109 Å². The molecule has 0 amide bonds. The van der Waals surface area contributed by atoms with Crippen LogP contribution in [0.3, 0.4) is 0 Å². The fraction of sp³-hybridized carbons (Fsp3) is 0.229. The van der Waals surface area contributed by atoms with E-state index >= 15 is 0 Å². The van der Waals surface area contributed by atoms with Gasteiger partial charge in [-0.15, -0.1) is 0 Å². The minimum absolute atomic E-state index is 0.126. The fourth-order valence-corrected chi connectivity index (χ4v) is 4.54. The number of ether oxygens (including phenoxy) is 2. The van der Waals surface area contributed by atoms with Gasteiger partial charge in [0, 0.05) is 41.8 Å². The summed E-state index contributed by atoms with van der Waals surface area (Å²) in [6, 6.07) is 32.4. The molecule has 216 valence electrons. The molecule has 0 unspecified atom stereocenters. The van der Waals surface area contributed by atoms with Crippen LogP contribution in [0.25, 0.3) is 0 Å². The monoisotopic (exact) mass is 564 g/mol. The summed E-state index contributed by atoms with van der Waals surface area (Å²) in [6.07, 6.45) is 1.64. The molecule has 0 fully saturated rings. The lowest BCUT2D eigenvalue weighted by Gasteiger charge is -2.20. The van der Waals surface area contributed by atoms with Gasteiger partial charge in [0.05, 0.1) is 7.11 Å². The minimum Gasteiger partial charge on any atom is -0.492 e. The maximum Gasteiger partial charge on any atom is 0.328 e. The molecule has 4 rings (SSSR count). The summed E-state index contributed by atoms with van der Waals surface area (Å²) in [6.45, 7) is 1.89. The number of benzene rings is 4. The molecule has 0 saturated carbocycles. The third-order valence-corrected chi connectivity index (χ3v) is 6.79. The third-order valence-electron chi connectivity index (χ3n) is 6.79. The molecule has 1 atom stereocenters. The average Bonchev–Trinajstić information content (AvgIpc) is 3.05. The predicted molar refractivity (Wildman–Crippen MR) is 164 cm³/mol. The first-order valence-electron chi connectivity index (χ1n) is 14.1. The van der Waals surface area contributed by atoms with Gasteiger partial charge in [0.1, 0.15) is 18.4 Å². The number of anilines is 1. The molecule has 2 N–H and O–H groups in total. The summed E-state index contributed by atoms with van der Waals surface area (Å²) in [5, 5.41) is 6.53. The van der Waals surface area contributed by atoms with Crippen molar-refractivity contribution < 1.29 is 23.9 Å². The van der Waals surface area contributed by atoms with Crippen molar-refractivity contribution in [3.05, 3.63) is 131 Å². The maximum atomic E-state index is 13.1. The van der Waals surface area contributed by atoms with Crippen molar-refractivity contribution in [3.8, 4) is 5.75 Å². The van der Waals surface area contributed by atoms with E-state index in [2.05, 4.69) is 10.6 Å². The molecule has 42 heavy (non-hydrogen) atoms. The van der Waals surface area contributed by atoms with Crippen molar-refractivity contribution in [1.29, 1.82) is 0 Å². The van der Waals surface area contributed by atoms with Crippen molar-refractivity contribution in [2.45, 2.75) is 25.3 Å². The number of nitrogens with one attached hydrogen (secondary N) is 2. The third kappa shape index (κ3) is 8.88. The van der Waals surface area contributed by atoms with E-state index in [1.165, 1.54) is 7.11 Å². The van der Waals surface area contributed by atoms with Gasteiger partial charge in [-0.2, -0.15) is 0 Å². The zero-order valence-corrected chi connectivity index (χ0v) is 23.8. The first-order chi connectivity index (χ1) is 20.5. The van der Waals surface area contributed by atoms with Crippen LogP contribution in [0.4, 0.5) is 5.69 Å². The van der Waals surface area contributed by atoms with Crippen LogP contribution in [-0.2, 0) is 16.0 Å². The molecule has 0 aromatic heterocycles. The molecule has 4 aromatic carbocycles. The van der Waals surface area contributed by atoms with Crippen molar-refractivity contribution in [3.63, 3.8) is 0 Å². The lowest BCUT2D eigenvalue weighted by Crippen LogP contribution is -2.33. The van der Waals surface area contributed by atoms with Gasteiger partial charge in [-0.05, 0) is 42.8 Å². The summed E-state index contributed by atoms with van der Waals surface area (Å²) in [5.41, 5.74) is 3.29. The Hall–Kier alpha value is -4.75. The van der Waals surface area contributed by atoms with Gasteiger partial charge >= 0.3 is 5.97 Å². The Kier molecular flexibility index (Phi) is 11.4. The van der Waals surface area contributed by atoms with Gasteiger partial charge in [0.2, 0.25) is 0 Å². The quantitative estimate of drug-likeness (QED) is 0.102. The first kappa shape index (κ1) is 30.2. The highest BCUT2D eigenvalue weighted by molar-refractivity contribution is 6.12. The van der Waals surface area contributed by atoms with Gasteiger partial charge in [-0.3, -0.25) is 9.59 Å². The summed E-state index contributed by atoms with van der Waals surface area (Å²) in [7, 11) is 1.35. The van der Waals surface area contributed by atoms with Gasteiger partial charge in [-0.25, -0.2) is 4.79 Å². The van der Waals surface area contributed by atoms with E-state index in [4.69, 9.17) is 9.47 Å². The SMILES string of the molecule is COC(=O)[C@H](Cc1ccc(OCCNCCCC(=O)c2ccccc2)cc1)Nc1ccccc1C(=O)c1ccccc1. The highest BCUT2D eigenvalue weighted by Crippen LogP contribution is 2.22. The molecular formula is C35H36N2O5. The van der Waals surface area contributed by atoms with Gasteiger partial charge < -0.3 is 20.1 Å². The molecule has 7 nitrogen and oxygen atoms in total. The number of ketones is 2. The van der Waals surface area contributed by atoms with E-state index < -0.39 is 12.0 Å². The van der Waals surface area contributed by atoms with Crippen LogP contribution in [0.5, 0.6) is 5.75 Å². The number of para-hydroxylation sites is 1. The van der Waals surface area contributed by atoms with Gasteiger partial charge in [0.25, 0.3) is 0 Å². The van der Waals surface area contributed by atoms with Gasteiger partial charge in [-0.1, -0.05) is 84.9 Å². The number of Topliss-reactive ketones (excluding diaryl/α,β-unsaturated/α-hetero) is 1. The first-order valence-corrected chi connectivity index (χ1v) is 14.1. The van der Waals surface area contributed by atoms with Crippen LogP contribution >= 0.6 is 0 Å². The van der Waals surface area contributed by atoms with Crippen molar-refractivity contribution in [1.82, 2.24) is 5.32 Å². The van der Waals surface area contributed by atoms with Crippen molar-refractivity contribution >= 4 is 23.2 Å². The number of rotatable bonds is 16. The second-order valence-electron chi connectivity index (χ2n) is 9.80. The van der Waals surface area contributed by atoms with Crippen LogP contribution in [-0.4, -0.2) is 50.4 Å². The molecular weight excluding hydrogens is 528 g/mol. The number of carbonyl (C=O) groups is 3. The molecule has 0 spiro atoms. The highest BCUT2D eigenvalue weighted by atomic mass is 16.5. The zero-order valence-electron chi connectivity index (χ0n) is 23.8. The molecule has 0 aliphatic carbocycles. The van der Waals surface area contributed by atoms with E-state index in [1.54, 1.807) is 30.3 Å². The summed E-state index contributed by atoms with van der Waals surface area (Å²) < 4.78 is 10.9. The van der Waals surface area contributed by atoms with Crippen molar-refractivity contribution in [2.24, 2.45) is 0 Å². The van der Waals surface area contributed by atoms with E-state index in [1.807, 2.05) is 78.9 Å². The number of hydrogen-bond acceptors (Lipinski definition) is 7. The minimum atomic E-state index is -0.690. The topological polar surface area (TPSA) is 93.7 Å². The Labute approximate surface area is 246 Å². The second-order valence-corrected chi connectivity index (χ2v) is 9.80. The van der Waals surface area contributed by atoms with E-state index in [0.717, 1.165) is 29.8 Å². The Bertz CT molecular complexity index is 1440. The molecule has 0 aliphatic rings. The molecule has 0 bridgehead atoms. The zero-order chi connectivity index (χ0) is 29.6. The van der Waals surface area contributed by atoms with E-state index in [0.29, 0.717) is 42.8 Å². The molecule has 0 aliphatic heterocycles. The molecule has 0 saturated heterocycles. The molecule has 0 heterocycles. The summed E-state index contributed by atoms with van der Waals surface area (Å²) in [4.78, 5) is 38.0. The Balaban J connectivity index is 1.25. The van der Waals surface area contributed by atoms with Gasteiger partial charge in [0.15, 0.2) is 11.6 Å². The highest BCUT2D eigenvalue weighted by Gasteiger charge is 2.22. The van der Waals surface area contributed by atoms with Crippen LogP contribution in [0.1, 0.15) is 44.7 Å². The summed E-state index contributed by atoms with van der Waals surface area (Å²) in [5.74, 6) is 0.331. The van der Waals surface area contributed by atoms with Crippen LogP contribution in [0.2, 0.25) is 0 Å². The average molecular weight is 565 g/mol. The fourth-order valence-electron chi connectivity index (χ4n) is 4.54.